The normalized spacial score (nSPS) is 13.5. The summed E-state index contributed by atoms with van der Waals surface area (Å²) < 4.78 is 1.58. The van der Waals surface area contributed by atoms with Gasteiger partial charge in [0.2, 0.25) is 0 Å². The number of allylic oxidation sites excluding steroid dienone is 4. The highest BCUT2D eigenvalue weighted by Crippen LogP contribution is 2.39. The second kappa shape index (κ2) is 11.7. The average Bonchev–Trinajstić information content (AvgIpc) is 2.69. The van der Waals surface area contributed by atoms with Crippen LogP contribution in [0.15, 0.2) is 57.2 Å². The molecule has 0 heterocycles. The van der Waals surface area contributed by atoms with Crippen LogP contribution in [0.25, 0.3) is 16.3 Å². The number of fused-ring (bicyclic) bond motifs is 1. The Morgan fingerprint density at radius 3 is 1.93 bits per heavy atom. The monoisotopic (exact) mass is 474 g/mol. The smallest absolute Gasteiger partial charge is 0.00593 e. The predicted molar refractivity (Wildman–Crippen MR) is 132 cm³/mol. The van der Waals surface area contributed by atoms with Crippen molar-refractivity contribution in [1.29, 1.82) is 0 Å². The Labute approximate surface area is 180 Å². The van der Waals surface area contributed by atoms with E-state index in [-0.39, 0.29) is 0 Å². The molecule has 0 spiro atoms. The molecule has 0 bridgehead atoms. The van der Waals surface area contributed by atoms with Gasteiger partial charge in [0.05, 0.1) is 0 Å². The summed E-state index contributed by atoms with van der Waals surface area (Å²) in [6, 6.07) is 15.7. The molecule has 0 atom stereocenters. The molecule has 0 fully saturated rings. The first-order valence-corrected chi connectivity index (χ1v) is 11.8. The molecule has 0 saturated carbocycles. The fraction of sp³-hybridized carbons (Fsp3) is 0.462. The molecule has 0 amide bonds. The number of halogens is 1. The van der Waals surface area contributed by atoms with Crippen molar-refractivity contribution in [3.63, 3.8) is 0 Å². The van der Waals surface area contributed by atoms with E-state index in [0.29, 0.717) is 0 Å². The van der Waals surface area contributed by atoms with Gasteiger partial charge in [-0.05, 0) is 84.9 Å². The second-order valence-electron chi connectivity index (χ2n) is 7.37. The van der Waals surface area contributed by atoms with Crippen molar-refractivity contribution in [3.8, 4) is 0 Å². The van der Waals surface area contributed by atoms with E-state index in [9.17, 15) is 0 Å². The summed E-state index contributed by atoms with van der Waals surface area (Å²) in [5, 5.41) is 2.75. The van der Waals surface area contributed by atoms with Gasteiger partial charge < -0.3 is 0 Å². The summed E-state index contributed by atoms with van der Waals surface area (Å²) in [6.07, 6.45) is 9.59. The van der Waals surface area contributed by atoms with Crippen LogP contribution in [0.5, 0.6) is 0 Å². The van der Waals surface area contributed by atoms with Gasteiger partial charge in [0.15, 0.2) is 0 Å². The van der Waals surface area contributed by atoms with E-state index in [2.05, 4.69) is 92.8 Å². The molecule has 0 aromatic heterocycles. The van der Waals surface area contributed by atoms with E-state index in [0.717, 1.165) is 6.42 Å². The molecule has 0 unspecified atom stereocenters. The van der Waals surface area contributed by atoms with Crippen molar-refractivity contribution in [2.24, 2.45) is 0 Å². The molecule has 0 N–H and O–H groups in total. The number of rotatable bonds is 10. The third-order valence-corrected chi connectivity index (χ3v) is 6.33. The van der Waals surface area contributed by atoms with Crippen LogP contribution < -0.4 is 0 Å². The van der Waals surface area contributed by atoms with Crippen LogP contribution in [0.3, 0.4) is 0 Å². The van der Waals surface area contributed by atoms with Gasteiger partial charge in [-0.1, -0.05) is 95.8 Å². The van der Waals surface area contributed by atoms with Crippen LogP contribution in [-0.2, 0) is 0 Å². The quantitative estimate of drug-likeness (QED) is 0.238. The zero-order valence-electron chi connectivity index (χ0n) is 17.6. The summed E-state index contributed by atoms with van der Waals surface area (Å²) in [5.41, 5.74) is 6.31. The maximum Gasteiger partial charge on any atom is -0.00593 e. The van der Waals surface area contributed by atoms with Gasteiger partial charge in [0.1, 0.15) is 0 Å². The van der Waals surface area contributed by atoms with Crippen molar-refractivity contribution < 1.29 is 0 Å². The lowest BCUT2D eigenvalue weighted by molar-refractivity contribution is 0.829. The maximum atomic E-state index is 2.63. The third kappa shape index (κ3) is 5.70. The Kier molecular flexibility index (Phi) is 9.61. The molecule has 2 aromatic rings. The fourth-order valence-corrected chi connectivity index (χ4v) is 5.13. The predicted octanol–water partition coefficient (Wildman–Crippen LogP) is 9.48. The molecule has 0 aliphatic rings. The van der Waals surface area contributed by atoms with E-state index < -0.39 is 0 Å². The van der Waals surface area contributed by atoms with Gasteiger partial charge in [-0.2, -0.15) is 0 Å². The Morgan fingerprint density at radius 1 is 0.667 bits per heavy atom. The summed E-state index contributed by atoms with van der Waals surface area (Å²) in [7, 11) is 0. The third-order valence-electron chi connectivity index (χ3n) is 5.14. The second-order valence-corrected chi connectivity index (χ2v) is 8.67. The first kappa shape index (κ1) is 22.2. The van der Waals surface area contributed by atoms with Crippen LogP contribution >= 0.6 is 22.6 Å². The van der Waals surface area contributed by atoms with Crippen LogP contribution in [0.2, 0.25) is 0 Å². The van der Waals surface area contributed by atoms with E-state index in [1.54, 1.807) is 20.3 Å². The summed E-state index contributed by atoms with van der Waals surface area (Å²) in [5.74, 6) is 0. The Balaban J connectivity index is 2.78. The van der Waals surface area contributed by atoms with E-state index in [4.69, 9.17) is 0 Å². The van der Waals surface area contributed by atoms with Gasteiger partial charge >= 0.3 is 0 Å². The lowest BCUT2D eigenvalue weighted by atomic mass is 9.85. The Hall–Kier alpha value is -1.09. The molecular formula is C26H35I. The molecule has 0 aliphatic carbocycles. The molecule has 0 saturated heterocycles. The largest absolute Gasteiger partial charge is 0.0651 e. The lowest BCUT2D eigenvalue weighted by Crippen LogP contribution is -2.00. The highest BCUT2D eigenvalue weighted by atomic mass is 127. The standard InChI is InChI=1S/C26H35I/c1-5-12-22(24-19-11-17-20-16-9-10-18-21(20)24)23(13-6-2)25(14-7-3)26(27)15-8-4/h9-11,16-19H,5-8,12-15H2,1-4H3/b23-22-,26-25-. The topological polar surface area (TPSA) is 0 Å². The fourth-order valence-electron chi connectivity index (χ4n) is 3.99. The van der Waals surface area contributed by atoms with Crippen molar-refractivity contribution in [2.45, 2.75) is 79.1 Å². The summed E-state index contributed by atoms with van der Waals surface area (Å²) in [6.45, 7) is 9.25. The molecule has 2 rings (SSSR count). The lowest BCUT2D eigenvalue weighted by Gasteiger charge is -2.21. The molecule has 0 nitrogen and oxygen atoms in total. The van der Waals surface area contributed by atoms with Crippen LogP contribution in [-0.4, -0.2) is 0 Å². The first-order chi connectivity index (χ1) is 13.2. The minimum atomic E-state index is 1.16. The number of hydrogen-bond donors (Lipinski definition) is 0. The molecule has 0 aliphatic heterocycles. The van der Waals surface area contributed by atoms with Crippen LogP contribution in [0.4, 0.5) is 0 Å². The minimum absolute atomic E-state index is 1.16. The summed E-state index contributed by atoms with van der Waals surface area (Å²) >= 11 is 2.63. The van der Waals surface area contributed by atoms with Crippen molar-refractivity contribution in [1.82, 2.24) is 0 Å². The highest BCUT2D eigenvalue weighted by molar-refractivity contribution is 14.1. The molecular weight excluding hydrogens is 439 g/mol. The van der Waals surface area contributed by atoms with Crippen molar-refractivity contribution >= 4 is 38.9 Å². The number of hydrogen-bond acceptors (Lipinski definition) is 0. The van der Waals surface area contributed by atoms with Gasteiger partial charge in [0, 0.05) is 0 Å². The average molecular weight is 474 g/mol. The molecule has 2 aromatic carbocycles. The molecule has 27 heavy (non-hydrogen) atoms. The SMILES string of the molecule is CCC/C(I)=C(CCC)/C(CCC)=C(/CCC)c1cccc2ccccc12. The van der Waals surface area contributed by atoms with Crippen molar-refractivity contribution in [3.05, 3.63) is 62.8 Å². The Morgan fingerprint density at radius 2 is 1.26 bits per heavy atom. The molecule has 146 valence electrons. The van der Waals surface area contributed by atoms with E-state index >= 15 is 0 Å². The summed E-state index contributed by atoms with van der Waals surface area (Å²) in [4.78, 5) is 0. The van der Waals surface area contributed by atoms with Gasteiger partial charge in [-0.25, -0.2) is 0 Å². The van der Waals surface area contributed by atoms with Gasteiger partial charge in [-0.3, -0.25) is 0 Å². The highest BCUT2D eigenvalue weighted by Gasteiger charge is 2.16. The van der Waals surface area contributed by atoms with Crippen LogP contribution in [0.1, 0.15) is 84.6 Å². The van der Waals surface area contributed by atoms with E-state index in [1.807, 2.05) is 0 Å². The van der Waals surface area contributed by atoms with Crippen molar-refractivity contribution in [2.75, 3.05) is 0 Å². The Bertz CT molecular complexity index is 789. The van der Waals surface area contributed by atoms with Crippen LogP contribution in [0, 0.1) is 0 Å². The zero-order valence-corrected chi connectivity index (χ0v) is 19.7. The number of benzene rings is 2. The zero-order chi connectivity index (χ0) is 19.6. The first-order valence-electron chi connectivity index (χ1n) is 10.8. The molecule has 0 radical (unpaired) electrons. The van der Waals surface area contributed by atoms with Gasteiger partial charge in [-0.15, -0.1) is 0 Å². The minimum Gasteiger partial charge on any atom is -0.0651 e. The maximum absolute atomic E-state index is 2.63. The molecule has 1 heteroatoms. The van der Waals surface area contributed by atoms with Gasteiger partial charge in [0.25, 0.3) is 0 Å². The van der Waals surface area contributed by atoms with E-state index in [1.165, 1.54) is 61.3 Å².